The van der Waals surface area contributed by atoms with Crippen LogP contribution in [-0.2, 0) is 27.0 Å². The average molecular weight is 436 g/mol. The van der Waals surface area contributed by atoms with E-state index >= 15 is 0 Å². The smallest absolute Gasteiger partial charge is 0.347 e. The number of rotatable bonds is 3. The molecular formula is C19H24F4N2O3S. The third-order valence-electron chi connectivity index (χ3n) is 5.42. The first kappa shape index (κ1) is 22.2. The summed E-state index contributed by atoms with van der Waals surface area (Å²) in [5, 5.41) is 3.20. The molecule has 2 aliphatic rings. The summed E-state index contributed by atoms with van der Waals surface area (Å²) in [5.41, 5.74) is 0.561. The van der Waals surface area contributed by atoms with Gasteiger partial charge in [-0.15, -0.1) is 0 Å². The molecule has 1 heterocycles. The molecule has 1 aromatic rings. The number of fused-ring (bicyclic) bond motifs is 1. The van der Waals surface area contributed by atoms with Crippen LogP contribution >= 0.6 is 0 Å². The first-order chi connectivity index (χ1) is 13.3. The molecule has 1 fully saturated rings. The summed E-state index contributed by atoms with van der Waals surface area (Å²) < 4.78 is 65.7. The Morgan fingerprint density at radius 3 is 2.41 bits per heavy atom. The van der Waals surface area contributed by atoms with Gasteiger partial charge >= 0.3 is 12.1 Å². The Morgan fingerprint density at radius 1 is 1.24 bits per heavy atom. The van der Waals surface area contributed by atoms with Crippen molar-refractivity contribution in [2.45, 2.75) is 57.0 Å². The van der Waals surface area contributed by atoms with Crippen LogP contribution in [0, 0.1) is 11.2 Å². The number of alkyl halides is 3. The maximum atomic E-state index is 13.8. The maximum Gasteiger partial charge on any atom is 0.492 e. The molecule has 0 amide bonds. The fourth-order valence-electron chi connectivity index (χ4n) is 4.10. The second-order valence-corrected chi connectivity index (χ2v) is 10.6. The Hall–Kier alpha value is -1.52. The van der Waals surface area contributed by atoms with Crippen LogP contribution in [-0.4, -0.2) is 38.7 Å². The first-order valence-electron chi connectivity index (χ1n) is 9.35. The molecule has 0 aromatic heterocycles. The molecule has 5 nitrogen and oxygen atoms in total. The molecule has 1 aliphatic heterocycles. The normalized spacial score (nSPS) is 22.6. The molecule has 1 N–H and O–H groups in total. The number of nitrogens with one attached hydrogen (secondary N) is 1. The SMILES string of the molecule is CC(C)(C)S(=O)N(OC(=O)C(F)(F)F)[C@@H]1c2ccc(F)cc2CC12CCNCC2. The molecule has 1 aliphatic carbocycles. The van der Waals surface area contributed by atoms with Crippen molar-refractivity contribution < 1.29 is 31.4 Å². The Balaban J connectivity index is 2.12. The Bertz CT molecular complexity index is 817. The third kappa shape index (κ3) is 4.34. The minimum Gasteiger partial charge on any atom is -0.347 e. The Labute approximate surface area is 169 Å². The lowest BCUT2D eigenvalue weighted by molar-refractivity contribution is -0.231. The van der Waals surface area contributed by atoms with E-state index in [1.54, 1.807) is 20.8 Å². The number of hydrogen-bond donors (Lipinski definition) is 1. The third-order valence-corrected chi connectivity index (χ3v) is 7.08. The topological polar surface area (TPSA) is 58.6 Å². The zero-order valence-electron chi connectivity index (χ0n) is 16.4. The van der Waals surface area contributed by atoms with Crippen molar-refractivity contribution in [3.8, 4) is 0 Å². The lowest BCUT2D eigenvalue weighted by atomic mass is 9.73. The van der Waals surface area contributed by atoms with E-state index in [1.165, 1.54) is 18.2 Å². The predicted molar refractivity (Wildman–Crippen MR) is 99.3 cm³/mol. The fraction of sp³-hybridized carbons (Fsp3) is 0.632. The highest BCUT2D eigenvalue weighted by Crippen LogP contribution is 2.55. The van der Waals surface area contributed by atoms with Crippen molar-refractivity contribution in [1.82, 2.24) is 9.79 Å². The summed E-state index contributed by atoms with van der Waals surface area (Å²) in [4.78, 5) is 16.5. The number of piperidine rings is 1. The van der Waals surface area contributed by atoms with E-state index in [-0.39, 0.29) is 0 Å². The van der Waals surface area contributed by atoms with Gasteiger partial charge in [0.2, 0.25) is 0 Å². The number of halogens is 4. The maximum absolute atomic E-state index is 13.8. The number of hydrogen-bond acceptors (Lipinski definition) is 4. The van der Waals surface area contributed by atoms with Gasteiger partial charge in [-0.05, 0) is 80.9 Å². The summed E-state index contributed by atoms with van der Waals surface area (Å²) in [6, 6.07) is 3.19. The van der Waals surface area contributed by atoms with Gasteiger partial charge in [-0.3, -0.25) is 0 Å². The quantitative estimate of drug-likeness (QED) is 0.581. The highest BCUT2D eigenvalue weighted by atomic mass is 32.2. The fourth-order valence-corrected chi connectivity index (χ4v) is 5.30. The van der Waals surface area contributed by atoms with Crippen molar-refractivity contribution in [2.24, 2.45) is 5.41 Å². The van der Waals surface area contributed by atoms with Gasteiger partial charge in [-0.25, -0.2) is 13.4 Å². The highest BCUT2D eigenvalue weighted by molar-refractivity contribution is 7.83. The van der Waals surface area contributed by atoms with Crippen LogP contribution < -0.4 is 5.32 Å². The molecule has 0 saturated carbocycles. The number of nitrogens with zero attached hydrogens (tertiary/aromatic N) is 1. The molecule has 29 heavy (non-hydrogen) atoms. The lowest BCUT2D eigenvalue weighted by Gasteiger charge is -2.44. The molecule has 1 unspecified atom stereocenters. The average Bonchev–Trinajstić information content (AvgIpc) is 2.89. The van der Waals surface area contributed by atoms with Crippen LogP contribution in [0.2, 0.25) is 0 Å². The minimum absolute atomic E-state index is 0.411. The van der Waals surface area contributed by atoms with Crippen LogP contribution in [0.3, 0.4) is 0 Å². The number of benzene rings is 1. The number of hydroxylamine groups is 1. The molecule has 10 heteroatoms. The van der Waals surface area contributed by atoms with Crippen LogP contribution in [0.4, 0.5) is 17.6 Å². The summed E-state index contributed by atoms with van der Waals surface area (Å²) >= 11 is 0. The van der Waals surface area contributed by atoms with Crippen molar-refractivity contribution in [3.05, 3.63) is 35.1 Å². The summed E-state index contributed by atoms with van der Waals surface area (Å²) in [6.07, 6.45) is -3.69. The van der Waals surface area contributed by atoms with Crippen LogP contribution in [0.25, 0.3) is 0 Å². The minimum atomic E-state index is -5.23. The van der Waals surface area contributed by atoms with E-state index in [4.69, 9.17) is 4.84 Å². The largest absolute Gasteiger partial charge is 0.492 e. The second-order valence-electron chi connectivity index (χ2n) is 8.56. The van der Waals surface area contributed by atoms with Crippen LogP contribution in [0.15, 0.2) is 18.2 Å². The first-order valence-corrected chi connectivity index (χ1v) is 10.5. The van der Waals surface area contributed by atoms with E-state index < -0.39 is 45.2 Å². The summed E-state index contributed by atoms with van der Waals surface area (Å²) in [7, 11) is -2.08. The second kappa shape index (κ2) is 7.63. The van der Waals surface area contributed by atoms with Gasteiger partial charge in [-0.1, -0.05) is 6.07 Å². The molecule has 1 spiro atoms. The molecule has 162 valence electrons. The molecule has 1 aromatic carbocycles. The van der Waals surface area contributed by atoms with Crippen LogP contribution in [0.5, 0.6) is 0 Å². The van der Waals surface area contributed by atoms with Crippen LogP contribution in [0.1, 0.15) is 50.8 Å². The van der Waals surface area contributed by atoms with E-state index in [0.29, 0.717) is 47.9 Å². The zero-order valence-corrected chi connectivity index (χ0v) is 17.3. The monoisotopic (exact) mass is 436 g/mol. The number of carbonyl (C=O) groups is 1. The van der Waals surface area contributed by atoms with E-state index in [0.717, 1.165) is 0 Å². The van der Waals surface area contributed by atoms with Gasteiger partial charge in [0.25, 0.3) is 0 Å². The van der Waals surface area contributed by atoms with Gasteiger partial charge in [0, 0.05) is 5.41 Å². The lowest BCUT2D eigenvalue weighted by Crippen LogP contribution is -2.50. The van der Waals surface area contributed by atoms with Gasteiger partial charge in [0.15, 0.2) is 0 Å². The van der Waals surface area contributed by atoms with Gasteiger partial charge < -0.3 is 10.2 Å². The van der Waals surface area contributed by atoms with Crippen molar-refractivity contribution >= 4 is 17.0 Å². The zero-order chi connectivity index (χ0) is 21.6. The predicted octanol–water partition coefficient (Wildman–Crippen LogP) is 3.58. The molecular weight excluding hydrogens is 412 g/mol. The highest BCUT2D eigenvalue weighted by Gasteiger charge is 2.55. The number of carbonyl (C=O) groups excluding carboxylic acids is 1. The van der Waals surface area contributed by atoms with E-state index in [2.05, 4.69) is 5.32 Å². The molecule has 2 atom stereocenters. The summed E-state index contributed by atoms with van der Waals surface area (Å²) in [6.45, 7) is 5.99. The summed E-state index contributed by atoms with van der Waals surface area (Å²) in [5.74, 6) is -2.88. The Morgan fingerprint density at radius 2 is 1.86 bits per heavy atom. The van der Waals surface area contributed by atoms with Crippen molar-refractivity contribution in [3.63, 3.8) is 0 Å². The van der Waals surface area contributed by atoms with Crippen molar-refractivity contribution in [2.75, 3.05) is 13.1 Å². The van der Waals surface area contributed by atoms with E-state index in [9.17, 15) is 26.6 Å². The molecule has 0 bridgehead atoms. The Kier molecular flexibility index (Phi) is 5.83. The van der Waals surface area contributed by atoms with Crippen molar-refractivity contribution in [1.29, 1.82) is 0 Å². The van der Waals surface area contributed by atoms with Gasteiger partial charge in [0.05, 0.1) is 10.8 Å². The van der Waals surface area contributed by atoms with E-state index in [1.807, 2.05) is 0 Å². The molecule has 0 radical (unpaired) electrons. The molecule has 3 rings (SSSR count). The van der Waals surface area contributed by atoms with Gasteiger partial charge in [-0.2, -0.15) is 13.2 Å². The van der Waals surface area contributed by atoms with Gasteiger partial charge in [0.1, 0.15) is 16.8 Å². The standard InChI is InChI=1S/C19H24F4N2O3S/c1-17(2,3)29(27)25(28-16(26)19(21,22)23)15-14-5-4-13(20)10-12(14)11-18(15)6-8-24-9-7-18/h4-5,10,15,24H,6-9,11H2,1-3H3/t15-,29?/m1/s1. The molecule has 1 saturated heterocycles.